The summed E-state index contributed by atoms with van der Waals surface area (Å²) in [6, 6.07) is 0. The molecule has 1 aromatic heterocycles. The van der Waals surface area contributed by atoms with Crippen molar-refractivity contribution in [3.63, 3.8) is 0 Å². The number of thioether (sulfide) groups is 1. The molecule has 0 N–H and O–H groups in total. The number of carbonyl (C=O) groups excluding carboxylic acids is 1. The van der Waals surface area contributed by atoms with Crippen LogP contribution in [0, 0.1) is 17.8 Å². The van der Waals surface area contributed by atoms with Crippen LogP contribution in [-0.2, 0) is 14.9 Å². The van der Waals surface area contributed by atoms with Crippen LogP contribution in [0.4, 0.5) is 0 Å². The van der Waals surface area contributed by atoms with E-state index in [1.165, 1.54) is 57.4 Å². The first-order chi connectivity index (χ1) is 10.6. The molecule has 1 atom stereocenters. The summed E-state index contributed by atoms with van der Waals surface area (Å²) in [6.45, 7) is 1.80. The number of aromatic nitrogens is 2. The van der Waals surface area contributed by atoms with Crippen molar-refractivity contribution < 1.29 is 13.9 Å². The third kappa shape index (κ3) is 2.36. The number of carbonyl (C=O) groups is 1. The van der Waals surface area contributed by atoms with Crippen LogP contribution < -0.4 is 0 Å². The topological polar surface area (TPSA) is 65.2 Å². The largest absolute Gasteiger partial charge is 0.468 e. The van der Waals surface area contributed by atoms with Gasteiger partial charge in [-0.25, -0.2) is 0 Å². The number of rotatable bonds is 4. The summed E-state index contributed by atoms with van der Waals surface area (Å²) >= 11 is 1.29. The van der Waals surface area contributed by atoms with Gasteiger partial charge in [-0.2, -0.15) is 0 Å². The van der Waals surface area contributed by atoms with Crippen molar-refractivity contribution in [1.29, 1.82) is 0 Å². The molecule has 0 aromatic carbocycles. The van der Waals surface area contributed by atoms with Crippen LogP contribution in [0.5, 0.6) is 0 Å². The minimum Gasteiger partial charge on any atom is -0.468 e. The molecule has 0 spiro atoms. The zero-order valence-corrected chi connectivity index (χ0v) is 13.9. The molecule has 5 rings (SSSR count). The Bertz CT molecular complexity index is 550. The fourth-order valence-electron chi connectivity index (χ4n) is 5.21. The number of hydrogen-bond acceptors (Lipinski definition) is 6. The number of esters is 1. The lowest BCUT2D eigenvalue weighted by Crippen LogP contribution is -2.48. The zero-order valence-electron chi connectivity index (χ0n) is 13.1. The van der Waals surface area contributed by atoms with E-state index in [1.54, 1.807) is 6.92 Å². The maximum atomic E-state index is 11.5. The number of hydrogen-bond donors (Lipinski definition) is 0. The Morgan fingerprint density at radius 1 is 1.23 bits per heavy atom. The van der Waals surface area contributed by atoms with E-state index in [9.17, 15) is 4.79 Å². The molecule has 6 heteroatoms. The molecule has 4 fully saturated rings. The van der Waals surface area contributed by atoms with Gasteiger partial charge in [-0.05, 0) is 63.2 Å². The molecule has 5 nitrogen and oxygen atoms in total. The highest BCUT2D eigenvalue weighted by atomic mass is 32.2. The van der Waals surface area contributed by atoms with Crippen molar-refractivity contribution in [3.8, 4) is 0 Å². The standard InChI is InChI=1S/C16H22N2O3S/c1-9(13(19)20-2)22-15-18-17-14(21-15)16-6-10-3-11(7-16)5-12(4-10)8-16/h9-12H,3-8H2,1-2H3/t9-,10?,11?,12?,16?/m1/s1. The van der Waals surface area contributed by atoms with Crippen molar-refractivity contribution in [2.75, 3.05) is 7.11 Å². The van der Waals surface area contributed by atoms with Gasteiger partial charge in [0, 0.05) is 5.41 Å². The Morgan fingerprint density at radius 2 is 1.82 bits per heavy atom. The van der Waals surface area contributed by atoms with E-state index in [1.807, 2.05) is 0 Å². The average molecular weight is 322 g/mol. The molecule has 0 amide bonds. The Hall–Kier alpha value is -1.04. The minimum atomic E-state index is -0.324. The van der Waals surface area contributed by atoms with Crippen LogP contribution in [-0.4, -0.2) is 28.5 Å². The van der Waals surface area contributed by atoms with E-state index in [2.05, 4.69) is 10.2 Å². The predicted molar refractivity (Wildman–Crippen MR) is 81.5 cm³/mol. The fraction of sp³-hybridized carbons (Fsp3) is 0.812. The summed E-state index contributed by atoms with van der Waals surface area (Å²) in [7, 11) is 1.40. The van der Waals surface area contributed by atoms with Crippen molar-refractivity contribution >= 4 is 17.7 Å². The number of nitrogens with zero attached hydrogens (tertiary/aromatic N) is 2. The first kappa shape index (κ1) is 14.5. The highest BCUT2D eigenvalue weighted by Crippen LogP contribution is 2.60. The summed E-state index contributed by atoms with van der Waals surface area (Å²) in [5.41, 5.74) is 0.120. The average Bonchev–Trinajstić information content (AvgIpc) is 2.94. The Kier molecular flexibility index (Phi) is 3.47. The molecule has 0 saturated heterocycles. The molecule has 4 saturated carbocycles. The molecule has 4 bridgehead atoms. The first-order valence-corrected chi connectivity index (χ1v) is 9.04. The molecule has 22 heavy (non-hydrogen) atoms. The summed E-state index contributed by atoms with van der Waals surface area (Å²) in [6.07, 6.45) is 7.81. The van der Waals surface area contributed by atoms with Crippen LogP contribution in [0.15, 0.2) is 9.64 Å². The maximum absolute atomic E-state index is 11.5. The van der Waals surface area contributed by atoms with E-state index < -0.39 is 0 Å². The molecule has 1 heterocycles. The predicted octanol–water partition coefficient (Wildman–Crippen LogP) is 3.19. The van der Waals surface area contributed by atoms with Crippen molar-refractivity contribution in [1.82, 2.24) is 10.2 Å². The van der Waals surface area contributed by atoms with Gasteiger partial charge in [-0.1, -0.05) is 11.8 Å². The van der Waals surface area contributed by atoms with Gasteiger partial charge in [0.1, 0.15) is 5.25 Å². The highest BCUT2D eigenvalue weighted by Gasteiger charge is 2.54. The molecule has 0 aliphatic heterocycles. The SMILES string of the molecule is COC(=O)[C@@H](C)Sc1nnc(C23CC4CC(CC(C4)C2)C3)o1. The molecule has 120 valence electrons. The normalized spacial score (nSPS) is 37.3. The molecule has 1 aromatic rings. The highest BCUT2D eigenvalue weighted by molar-refractivity contribution is 8.00. The lowest BCUT2D eigenvalue weighted by atomic mass is 9.49. The van der Waals surface area contributed by atoms with Crippen LogP contribution in [0.25, 0.3) is 0 Å². The van der Waals surface area contributed by atoms with Gasteiger partial charge in [-0.15, -0.1) is 10.2 Å². The van der Waals surface area contributed by atoms with Crippen LogP contribution in [0.2, 0.25) is 0 Å². The van der Waals surface area contributed by atoms with Crippen molar-refractivity contribution in [2.24, 2.45) is 17.8 Å². The van der Waals surface area contributed by atoms with Gasteiger partial charge in [0.15, 0.2) is 0 Å². The third-order valence-corrected chi connectivity index (χ3v) is 6.62. The summed E-state index contributed by atoms with van der Waals surface area (Å²) < 4.78 is 10.7. The lowest BCUT2D eigenvalue weighted by Gasteiger charge is -2.55. The van der Waals surface area contributed by atoms with E-state index >= 15 is 0 Å². The van der Waals surface area contributed by atoms with Crippen LogP contribution >= 0.6 is 11.8 Å². The fourth-order valence-corrected chi connectivity index (χ4v) is 5.92. The second-order valence-electron chi connectivity index (χ2n) is 7.35. The molecule has 4 aliphatic rings. The second kappa shape index (κ2) is 5.25. The molecule has 4 aliphatic carbocycles. The summed E-state index contributed by atoms with van der Waals surface area (Å²) in [5.74, 6) is 3.10. The van der Waals surface area contributed by atoms with E-state index in [4.69, 9.17) is 9.15 Å². The Morgan fingerprint density at radius 3 is 2.36 bits per heavy atom. The lowest BCUT2D eigenvalue weighted by molar-refractivity contribution is -0.139. The summed E-state index contributed by atoms with van der Waals surface area (Å²) in [5, 5.41) is 8.69. The Balaban J connectivity index is 1.53. The van der Waals surface area contributed by atoms with Crippen LogP contribution in [0.3, 0.4) is 0 Å². The smallest absolute Gasteiger partial charge is 0.319 e. The van der Waals surface area contributed by atoms with Crippen molar-refractivity contribution in [2.45, 2.75) is 61.3 Å². The zero-order chi connectivity index (χ0) is 15.3. The van der Waals surface area contributed by atoms with Gasteiger partial charge in [-0.3, -0.25) is 4.79 Å². The number of ether oxygens (including phenoxy) is 1. The maximum Gasteiger partial charge on any atom is 0.319 e. The molecular weight excluding hydrogens is 300 g/mol. The summed E-state index contributed by atoms with van der Waals surface area (Å²) in [4.78, 5) is 11.5. The van der Waals surface area contributed by atoms with Gasteiger partial charge >= 0.3 is 5.97 Å². The van der Waals surface area contributed by atoms with Gasteiger partial charge < -0.3 is 9.15 Å². The van der Waals surface area contributed by atoms with Gasteiger partial charge in [0.25, 0.3) is 5.22 Å². The van der Waals surface area contributed by atoms with Gasteiger partial charge in [0.2, 0.25) is 5.89 Å². The molecule has 0 radical (unpaired) electrons. The molecule has 0 unspecified atom stereocenters. The van der Waals surface area contributed by atoms with Crippen LogP contribution in [0.1, 0.15) is 51.3 Å². The van der Waals surface area contributed by atoms with E-state index in [0.29, 0.717) is 5.22 Å². The van der Waals surface area contributed by atoms with E-state index in [-0.39, 0.29) is 16.6 Å². The quantitative estimate of drug-likeness (QED) is 0.626. The van der Waals surface area contributed by atoms with Gasteiger partial charge in [0.05, 0.1) is 7.11 Å². The Labute approximate surface area is 134 Å². The number of methoxy groups -OCH3 is 1. The monoisotopic (exact) mass is 322 g/mol. The second-order valence-corrected chi connectivity index (χ2v) is 8.65. The van der Waals surface area contributed by atoms with Crippen molar-refractivity contribution in [3.05, 3.63) is 5.89 Å². The first-order valence-electron chi connectivity index (χ1n) is 8.16. The third-order valence-electron chi connectivity index (χ3n) is 5.71. The van der Waals surface area contributed by atoms with E-state index in [0.717, 1.165) is 23.6 Å². The minimum absolute atomic E-state index is 0.120. The molecular formula is C16H22N2O3S.